The van der Waals surface area contributed by atoms with Crippen LogP contribution >= 0.6 is 0 Å². The summed E-state index contributed by atoms with van der Waals surface area (Å²) in [7, 11) is 5.31. The summed E-state index contributed by atoms with van der Waals surface area (Å²) in [6.07, 6.45) is 4.06. The Balaban J connectivity index is 4.76. The second-order valence-corrected chi connectivity index (χ2v) is 1.79. The van der Waals surface area contributed by atoms with E-state index < -0.39 is 4.92 Å². The van der Waals surface area contributed by atoms with Crippen molar-refractivity contribution in [3.8, 4) is 0 Å². The number of nitrogens with zero attached hydrogens (tertiary/aromatic N) is 1. The Morgan fingerprint density at radius 2 is 2.27 bits per heavy atom. The first-order valence-corrected chi connectivity index (χ1v) is 3.02. The third-order valence-corrected chi connectivity index (χ3v) is 1.08. The molecule has 0 amide bonds. The first kappa shape index (κ1) is 9.68. The minimum Gasteiger partial charge on any atom is -0.258 e. The van der Waals surface area contributed by atoms with E-state index in [9.17, 15) is 10.1 Å². The van der Waals surface area contributed by atoms with Gasteiger partial charge in [0.2, 0.25) is 0 Å². The third kappa shape index (κ3) is 2.84. The quantitative estimate of drug-likeness (QED) is 0.263. The molecule has 0 saturated heterocycles. The van der Waals surface area contributed by atoms with Crippen LogP contribution in [0.2, 0.25) is 0 Å². The summed E-state index contributed by atoms with van der Waals surface area (Å²) in [5, 5.41) is 10.3. The summed E-state index contributed by atoms with van der Waals surface area (Å²) in [6.45, 7) is 4.97. The Kier molecular flexibility index (Phi) is 3.96. The minimum atomic E-state index is -0.545. The summed E-state index contributed by atoms with van der Waals surface area (Å²) >= 11 is 0. The van der Waals surface area contributed by atoms with Gasteiger partial charge in [-0.1, -0.05) is 18.7 Å². The van der Waals surface area contributed by atoms with Gasteiger partial charge in [-0.3, -0.25) is 10.1 Å². The van der Waals surface area contributed by atoms with Crippen LogP contribution in [0, 0.1) is 10.1 Å². The van der Waals surface area contributed by atoms with Gasteiger partial charge >= 0.3 is 0 Å². The molecule has 0 aromatic rings. The standard InChI is InChI=1S/C7H8BNO2/c1-3-5-7(9(10)11)6(8)4-2/h3-5H,1H2,2H3/b6-4+,7-5+. The largest absolute Gasteiger partial charge is 0.262 e. The summed E-state index contributed by atoms with van der Waals surface area (Å²) in [5.41, 5.74) is 0.0254. The van der Waals surface area contributed by atoms with Crippen molar-refractivity contribution in [2.75, 3.05) is 0 Å². The molecule has 0 aliphatic carbocycles. The molecule has 0 aliphatic rings. The Labute approximate surface area is 66.7 Å². The van der Waals surface area contributed by atoms with Crippen LogP contribution in [0.3, 0.4) is 0 Å². The zero-order chi connectivity index (χ0) is 8.85. The van der Waals surface area contributed by atoms with Crippen LogP contribution in [0.15, 0.2) is 36.0 Å². The van der Waals surface area contributed by atoms with Gasteiger partial charge in [0.05, 0.1) is 4.92 Å². The fourth-order valence-electron chi connectivity index (χ4n) is 0.522. The Hall–Kier alpha value is -1.32. The molecule has 0 fully saturated rings. The summed E-state index contributed by atoms with van der Waals surface area (Å²) in [4.78, 5) is 9.71. The van der Waals surface area contributed by atoms with Gasteiger partial charge in [0.1, 0.15) is 7.85 Å². The highest BCUT2D eigenvalue weighted by molar-refractivity contribution is 6.23. The molecule has 0 atom stereocenters. The first-order valence-electron chi connectivity index (χ1n) is 3.02. The van der Waals surface area contributed by atoms with E-state index in [1.165, 1.54) is 18.2 Å². The van der Waals surface area contributed by atoms with Gasteiger partial charge < -0.3 is 0 Å². The highest BCUT2D eigenvalue weighted by Crippen LogP contribution is 2.05. The maximum atomic E-state index is 10.3. The molecule has 0 aromatic heterocycles. The Bertz CT molecular complexity index is 231. The van der Waals surface area contributed by atoms with Gasteiger partial charge in [0.25, 0.3) is 5.70 Å². The molecule has 0 aromatic carbocycles. The number of hydrogen-bond donors (Lipinski definition) is 0. The number of nitro groups is 1. The van der Waals surface area contributed by atoms with Crippen LogP contribution in [0.25, 0.3) is 0 Å². The van der Waals surface area contributed by atoms with Gasteiger partial charge in [-0.25, -0.2) is 0 Å². The van der Waals surface area contributed by atoms with E-state index in [0.717, 1.165) is 0 Å². The predicted octanol–water partition coefficient (Wildman–Crippen LogP) is 1.41. The molecule has 0 heterocycles. The van der Waals surface area contributed by atoms with E-state index in [1.807, 2.05) is 0 Å². The van der Waals surface area contributed by atoms with E-state index in [-0.39, 0.29) is 11.2 Å². The summed E-state index contributed by atoms with van der Waals surface area (Å²) < 4.78 is 0. The van der Waals surface area contributed by atoms with Gasteiger partial charge in [-0.2, -0.15) is 0 Å². The molecule has 0 spiro atoms. The average molecular weight is 149 g/mol. The van der Waals surface area contributed by atoms with Crippen molar-refractivity contribution in [2.24, 2.45) is 0 Å². The van der Waals surface area contributed by atoms with Crippen molar-refractivity contribution >= 4 is 7.85 Å². The van der Waals surface area contributed by atoms with Gasteiger partial charge in [0.15, 0.2) is 0 Å². The molecule has 0 aliphatic heterocycles. The van der Waals surface area contributed by atoms with Crippen molar-refractivity contribution in [3.63, 3.8) is 0 Å². The molecule has 4 heteroatoms. The second kappa shape index (κ2) is 4.49. The highest BCUT2D eigenvalue weighted by atomic mass is 16.6. The Morgan fingerprint density at radius 3 is 2.55 bits per heavy atom. The lowest BCUT2D eigenvalue weighted by Gasteiger charge is -1.94. The van der Waals surface area contributed by atoms with Crippen molar-refractivity contribution < 1.29 is 4.92 Å². The molecule has 3 nitrogen and oxygen atoms in total. The van der Waals surface area contributed by atoms with Gasteiger partial charge in [-0.15, -0.1) is 0 Å². The fraction of sp³-hybridized carbons (Fsp3) is 0.143. The van der Waals surface area contributed by atoms with Crippen molar-refractivity contribution in [2.45, 2.75) is 6.92 Å². The van der Waals surface area contributed by atoms with Crippen LogP contribution < -0.4 is 0 Å². The molecule has 0 N–H and O–H groups in total. The topological polar surface area (TPSA) is 43.1 Å². The lowest BCUT2D eigenvalue weighted by molar-refractivity contribution is -0.419. The lowest BCUT2D eigenvalue weighted by atomic mass is 9.92. The van der Waals surface area contributed by atoms with E-state index in [2.05, 4.69) is 6.58 Å². The second-order valence-electron chi connectivity index (χ2n) is 1.79. The van der Waals surface area contributed by atoms with E-state index in [4.69, 9.17) is 7.85 Å². The van der Waals surface area contributed by atoms with Crippen LogP contribution in [0.5, 0.6) is 0 Å². The molecule has 0 bridgehead atoms. The number of rotatable bonds is 3. The molecule has 0 unspecified atom stereocenters. The maximum Gasteiger partial charge on any atom is 0.262 e. The van der Waals surface area contributed by atoms with Crippen LogP contribution in [0.1, 0.15) is 6.92 Å². The Morgan fingerprint density at radius 1 is 1.73 bits per heavy atom. The van der Waals surface area contributed by atoms with E-state index >= 15 is 0 Å². The zero-order valence-corrected chi connectivity index (χ0v) is 6.28. The number of allylic oxidation sites excluding steroid dienone is 4. The highest BCUT2D eigenvalue weighted by Gasteiger charge is 2.09. The van der Waals surface area contributed by atoms with Crippen LogP contribution in [-0.4, -0.2) is 12.8 Å². The zero-order valence-electron chi connectivity index (χ0n) is 6.28. The van der Waals surface area contributed by atoms with Crippen molar-refractivity contribution in [1.29, 1.82) is 0 Å². The molecule has 0 saturated carbocycles. The van der Waals surface area contributed by atoms with Gasteiger partial charge in [0, 0.05) is 6.08 Å². The monoisotopic (exact) mass is 149 g/mol. The van der Waals surface area contributed by atoms with Crippen LogP contribution in [0.4, 0.5) is 0 Å². The van der Waals surface area contributed by atoms with E-state index in [0.29, 0.717) is 0 Å². The molecule has 2 radical (unpaired) electrons. The average Bonchev–Trinajstić information content (AvgIpc) is 1.98. The molecule has 11 heavy (non-hydrogen) atoms. The fourth-order valence-corrected chi connectivity index (χ4v) is 0.522. The summed E-state index contributed by atoms with van der Waals surface area (Å²) in [6, 6.07) is 0. The SMILES string of the molecule is [B]C(=C/C)/C(=C\C=C)[N+](=O)[O-]. The lowest BCUT2D eigenvalue weighted by Crippen LogP contribution is -2.01. The molecular formula is C7H8BNO2. The predicted molar refractivity (Wildman–Crippen MR) is 44.8 cm³/mol. The summed E-state index contributed by atoms with van der Waals surface area (Å²) in [5.74, 6) is 0. The normalized spacial score (nSPS) is 12.8. The molecule has 0 rings (SSSR count). The molecule has 56 valence electrons. The van der Waals surface area contributed by atoms with Crippen LogP contribution in [-0.2, 0) is 0 Å². The minimum absolute atomic E-state index is 0.123. The number of hydrogen-bond acceptors (Lipinski definition) is 2. The molecular weight excluding hydrogens is 141 g/mol. The first-order chi connectivity index (χ1) is 5.13. The van der Waals surface area contributed by atoms with Gasteiger partial charge in [-0.05, 0) is 12.4 Å². The van der Waals surface area contributed by atoms with Crippen molar-refractivity contribution in [3.05, 3.63) is 46.1 Å². The maximum absolute atomic E-state index is 10.3. The smallest absolute Gasteiger partial charge is 0.258 e. The van der Waals surface area contributed by atoms with Crippen molar-refractivity contribution in [1.82, 2.24) is 0 Å². The van der Waals surface area contributed by atoms with E-state index in [1.54, 1.807) is 6.92 Å². The third-order valence-electron chi connectivity index (χ3n) is 1.08.